The zero-order valence-corrected chi connectivity index (χ0v) is 13.0. The molecule has 1 heterocycles. The number of nitrogens with zero attached hydrogens (tertiary/aromatic N) is 1. The number of hydrogen-bond donors (Lipinski definition) is 2. The Bertz CT molecular complexity index is 551. The number of aliphatic hydroxyl groups excluding tert-OH is 1. The van der Waals surface area contributed by atoms with Crippen LogP contribution in [0.2, 0.25) is 0 Å². The molecule has 3 nitrogen and oxygen atoms in total. The van der Waals surface area contributed by atoms with Gasteiger partial charge in [-0.1, -0.05) is 36.8 Å². The molecule has 2 aromatic rings. The summed E-state index contributed by atoms with van der Waals surface area (Å²) < 4.78 is 0. The number of nitrogens with one attached hydrogen (secondary N) is 1. The molecule has 0 saturated heterocycles. The van der Waals surface area contributed by atoms with Gasteiger partial charge in [0, 0.05) is 36.0 Å². The third kappa shape index (κ3) is 3.70. The summed E-state index contributed by atoms with van der Waals surface area (Å²) in [6.45, 7) is 1.80. The molecular formula is C17H22N2OS. The van der Waals surface area contributed by atoms with Crippen molar-refractivity contribution in [3.8, 4) is 0 Å². The van der Waals surface area contributed by atoms with Crippen molar-refractivity contribution in [1.29, 1.82) is 0 Å². The molecule has 112 valence electrons. The summed E-state index contributed by atoms with van der Waals surface area (Å²) in [6.07, 6.45) is 5.97. The molecule has 0 amide bonds. The van der Waals surface area contributed by atoms with Crippen LogP contribution in [0, 0.1) is 0 Å². The van der Waals surface area contributed by atoms with Crippen molar-refractivity contribution in [2.75, 3.05) is 13.2 Å². The third-order valence-electron chi connectivity index (χ3n) is 4.21. The zero-order valence-electron chi connectivity index (χ0n) is 12.2. The minimum absolute atomic E-state index is 0.158. The van der Waals surface area contributed by atoms with Gasteiger partial charge in [-0.2, -0.15) is 0 Å². The molecular weight excluding hydrogens is 280 g/mol. The van der Waals surface area contributed by atoms with E-state index in [-0.39, 0.29) is 12.5 Å². The lowest BCUT2D eigenvalue weighted by Gasteiger charge is -2.22. The maximum Gasteiger partial charge on any atom is 0.0959 e. The minimum atomic E-state index is 0.158. The van der Waals surface area contributed by atoms with Crippen LogP contribution >= 0.6 is 11.3 Å². The van der Waals surface area contributed by atoms with Gasteiger partial charge in [-0.15, -0.1) is 11.3 Å². The highest BCUT2D eigenvalue weighted by Gasteiger charge is 2.22. The smallest absolute Gasteiger partial charge is 0.0959 e. The van der Waals surface area contributed by atoms with Crippen LogP contribution in [0.4, 0.5) is 0 Å². The van der Waals surface area contributed by atoms with Crippen molar-refractivity contribution in [1.82, 2.24) is 10.3 Å². The Kier molecular flexibility index (Phi) is 5.01. The average molecular weight is 302 g/mol. The molecule has 3 rings (SSSR count). The minimum Gasteiger partial charge on any atom is -0.396 e. The molecule has 1 saturated carbocycles. The molecule has 1 aliphatic rings. The Morgan fingerprint density at radius 3 is 2.76 bits per heavy atom. The molecule has 1 fully saturated rings. The molecule has 4 heteroatoms. The van der Waals surface area contributed by atoms with Gasteiger partial charge < -0.3 is 10.4 Å². The van der Waals surface area contributed by atoms with Gasteiger partial charge in [-0.05, 0) is 18.4 Å². The quantitative estimate of drug-likeness (QED) is 0.825. The van der Waals surface area contributed by atoms with Crippen LogP contribution < -0.4 is 5.32 Å². The van der Waals surface area contributed by atoms with Crippen molar-refractivity contribution >= 4 is 11.3 Å². The topological polar surface area (TPSA) is 45.1 Å². The maximum absolute atomic E-state index is 9.54. The molecule has 1 aliphatic carbocycles. The SMILES string of the molecule is OC[C@H](CNCc1cnc(C2CCC2)s1)c1ccccc1. The van der Waals surface area contributed by atoms with Crippen LogP contribution in [0.3, 0.4) is 0 Å². The summed E-state index contributed by atoms with van der Waals surface area (Å²) in [4.78, 5) is 5.84. The molecule has 1 atom stereocenters. The third-order valence-corrected chi connectivity index (χ3v) is 5.37. The van der Waals surface area contributed by atoms with E-state index in [0.29, 0.717) is 0 Å². The summed E-state index contributed by atoms with van der Waals surface area (Å²) in [5.41, 5.74) is 1.19. The first-order chi connectivity index (χ1) is 10.4. The van der Waals surface area contributed by atoms with Crippen molar-refractivity contribution in [2.24, 2.45) is 0 Å². The lowest BCUT2D eigenvalue weighted by Crippen LogP contribution is -2.23. The Labute approximate surface area is 130 Å². The molecule has 21 heavy (non-hydrogen) atoms. The van der Waals surface area contributed by atoms with E-state index >= 15 is 0 Å². The predicted octanol–water partition coefficient (Wildman–Crippen LogP) is 3.28. The van der Waals surface area contributed by atoms with Crippen LogP contribution in [0.25, 0.3) is 0 Å². The zero-order chi connectivity index (χ0) is 14.5. The van der Waals surface area contributed by atoms with Gasteiger partial charge in [0.05, 0.1) is 11.6 Å². The van der Waals surface area contributed by atoms with Gasteiger partial charge in [0.2, 0.25) is 0 Å². The van der Waals surface area contributed by atoms with Gasteiger partial charge in [-0.3, -0.25) is 0 Å². The number of rotatable bonds is 7. The van der Waals surface area contributed by atoms with Gasteiger partial charge in [-0.25, -0.2) is 4.98 Å². The van der Waals surface area contributed by atoms with Crippen LogP contribution in [-0.4, -0.2) is 23.2 Å². The second-order valence-corrected chi connectivity index (χ2v) is 6.86. The summed E-state index contributed by atoms with van der Waals surface area (Å²) in [5, 5.41) is 14.3. The van der Waals surface area contributed by atoms with Crippen LogP contribution in [0.5, 0.6) is 0 Å². The van der Waals surface area contributed by atoms with E-state index in [9.17, 15) is 5.11 Å². The second kappa shape index (κ2) is 7.16. The Morgan fingerprint density at radius 1 is 1.29 bits per heavy atom. The highest BCUT2D eigenvalue weighted by molar-refractivity contribution is 7.11. The van der Waals surface area contributed by atoms with Crippen molar-refractivity contribution in [2.45, 2.75) is 37.6 Å². The molecule has 1 aromatic carbocycles. The summed E-state index contributed by atoms with van der Waals surface area (Å²) >= 11 is 1.84. The Morgan fingerprint density at radius 2 is 2.10 bits per heavy atom. The first-order valence-corrected chi connectivity index (χ1v) is 8.49. The lowest BCUT2D eigenvalue weighted by atomic mass is 9.86. The van der Waals surface area contributed by atoms with E-state index in [1.807, 2.05) is 35.7 Å². The Balaban J connectivity index is 1.49. The highest BCUT2D eigenvalue weighted by atomic mass is 32.1. The molecule has 2 N–H and O–H groups in total. The van der Waals surface area contributed by atoms with E-state index < -0.39 is 0 Å². The van der Waals surface area contributed by atoms with Gasteiger partial charge in [0.15, 0.2) is 0 Å². The van der Waals surface area contributed by atoms with Crippen molar-refractivity contribution < 1.29 is 5.11 Å². The monoisotopic (exact) mass is 302 g/mol. The molecule has 0 spiro atoms. The Hall–Kier alpha value is -1.23. The normalized spacial score (nSPS) is 16.6. The second-order valence-electron chi connectivity index (χ2n) is 5.71. The summed E-state index contributed by atoms with van der Waals surface area (Å²) in [5.74, 6) is 0.878. The number of aliphatic hydroxyl groups is 1. The first kappa shape index (κ1) is 14.7. The fourth-order valence-electron chi connectivity index (χ4n) is 2.63. The van der Waals surface area contributed by atoms with Gasteiger partial charge >= 0.3 is 0 Å². The van der Waals surface area contributed by atoms with E-state index in [1.165, 1.54) is 34.7 Å². The van der Waals surface area contributed by atoms with E-state index in [0.717, 1.165) is 19.0 Å². The maximum atomic E-state index is 9.54. The van der Waals surface area contributed by atoms with Crippen molar-refractivity contribution in [3.05, 3.63) is 52.0 Å². The van der Waals surface area contributed by atoms with E-state index in [4.69, 9.17) is 0 Å². The summed E-state index contributed by atoms with van der Waals surface area (Å²) in [6, 6.07) is 10.2. The van der Waals surface area contributed by atoms with Gasteiger partial charge in [0.1, 0.15) is 0 Å². The fraction of sp³-hybridized carbons (Fsp3) is 0.471. The highest BCUT2D eigenvalue weighted by Crippen LogP contribution is 2.38. The molecule has 0 aliphatic heterocycles. The van der Waals surface area contributed by atoms with Crippen LogP contribution in [0.1, 0.15) is 46.5 Å². The largest absolute Gasteiger partial charge is 0.396 e. The number of thiazole rings is 1. The summed E-state index contributed by atoms with van der Waals surface area (Å²) in [7, 11) is 0. The molecule has 1 aromatic heterocycles. The number of benzene rings is 1. The van der Waals surface area contributed by atoms with Crippen molar-refractivity contribution in [3.63, 3.8) is 0 Å². The number of hydrogen-bond acceptors (Lipinski definition) is 4. The van der Waals surface area contributed by atoms with E-state index in [1.54, 1.807) is 0 Å². The first-order valence-electron chi connectivity index (χ1n) is 7.68. The molecule has 0 bridgehead atoms. The fourth-order valence-corrected chi connectivity index (χ4v) is 3.69. The number of aromatic nitrogens is 1. The molecule has 0 radical (unpaired) electrons. The standard InChI is InChI=1S/C17H22N2OS/c20-12-15(13-5-2-1-3-6-13)9-18-10-16-11-19-17(21-16)14-7-4-8-14/h1-3,5-6,11,14-15,18,20H,4,7-10,12H2/t15-/m0/s1. The lowest BCUT2D eigenvalue weighted by molar-refractivity contribution is 0.261. The van der Waals surface area contributed by atoms with Crippen LogP contribution in [-0.2, 0) is 6.54 Å². The molecule has 0 unspecified atom stereocenters. The van der Waals surface area contributed by atoms with E-state index in [2.05, 4.69) is 22.4 Å². The van der Waals surface area contributed by atoms with Crippen LogP contribution in [0.15, 0.2) is 36.5 Å². The average Bonchev–Trinajstić information content (AvgIpc) is 2.91. The predicted molar refractivity (Wildman–Crippen MR) is 86.7 cm³/mol. The van der Waals surface area contributed by atoms with Gasteiger partial charge in [0.25, 0.3) is 0 Å².